The Kier molecular flexibility index (Phi) is 6.36. The zero-order valence-corrected chi connectivity index (χ0v) is 13.3. The number of hydrogen-bond donors (Lipinski definition) is 0. The smallest absolute Gasteiger partial charge is 0.223 e. The van der Waals surface area contributed by atoms with Crippen LogP contribution in [0.3, 0.4) is 0 Å². The van der Waals surface area contributed by atoms with Gasteiger partial charge in [-0.1, -0.05) is 6.07 Å². The quantitative estimate of drug-likeness (QED) is 0.666. The summed E-state index contributed by atoms with van der Waals surface area (Å²) in [5.74, 6) is 0.653. The van der Waals surface area contributed by atoms with E-state index in [0.717, 1.165) is 0 Å². The van der Waals surface area contributed by atoms with Crippen molar-refractivity contribution in [2.24, 2.45) is 0 Å². The molecule has 0 aliphatic carbocycles. The molecule has 0 radical (unpaired) electrons. The number of rotatable bonds is 9. The zero-order valence-electron chi connectivity index (χ0n) is 12.5. The van der Waals surface area contributed by atoms with Crippen LogP contribution in [0, 0.1) is 0 Å². The number of ketones is 1. The van der Waals surface area contributed by atoms with Crippen LogP contribution in [0.5, 0.6) is 0 Å². The highest BCUT2D eigenvalue weighted by atomic mass is 32.1. The van der Waals surface area contributed by atoms with Gasteiger partial charge in [-0.25, -0.2) is 0 Å². The minimum atomic E-state index is -0.0710. The summed E-state index contributed by atoms with van der Waals surface area (Å²) >= 11 is 1.40. The molecule has 2 rings (SSSR count). The van der Waals surface area contributed by atoms with E-state index < -0.39 is 0 Å². The maximum atomic E-state index is 12.3. The molecule has 2 aromatic heterocycles. The molecule has 0 aromatic carbocycles. The average Bonchev–Trinajstić information content (AvgIpc) is 3.21. The van der Waals surface area contributed by atoms with Crippen molar-refractivity contribution in [3.63, 3.8) is 0 Å². The second kappa shape index (κ2) is 8.51. The van der Waals surface area contributed by atoms with E-state index in [9.17, 15) is 9.59 Å². The minimum absolute atomic E-state index is 0.00744. The molecule has 0 atom stereocenters. The van der Waals surface area contributed by atoms with Gasteiger partial charge < -0.3 is 14.1 Å². The molecule has 2 aromatic rings. The number of carbonyl (C=O) groups excluding carboxylic acids is 2. The van der Waals surface area contributed by atoms with Crippen molar-refractivity contribution in [1.29, 1.82) is 0 Å². The molecule has 0 spiro atoms. The lowest BCUT2D eigenvalue weighted by Crippen LogP contribution is -2.33. The van der Waals surface area contributed by atoms with E-state index in [-0.39, 0.29) is 24.5 Å². The molecular weight excluding hydrogens is 302 g/mol. The molecule has 0 bridgehead atoms. The van der Waals surface area contributed by atoms with Gasteiger partial charge in [0, 0.05) is 26.5 Å². The van der Waals surface area contributed by atoms with E-state index in [1.807, 2.05) is 17.5 Å². The second-order valence-electron chi connectivity index (χ2n) is 4.79. The summed E-state index contributed by atoms with van der Waals surface area (Å²) in [7, 11) is 1.59. The van der Waals surface area contributed by atoms with Crippen LogP contribution in [0.4, 0.5) is 0 Å². The van der Waals surface area contributed by atoms with Crippen molar-refractivity contribution in [3.05, 3.63) is 46.5 Å². The number of Topliss-reactive ketones (excluding diaryl/α,β-unsaturated/α-hetero) is 1. The van der Waals surface area contributed by atoms with Crippen LogP contribution in [-0.2, 0) is 16.1 Å². The molecule has 5 nitrogen and oxygen atoms in total. The van der Waals surface area contributed by atoms with Gasteiger partial charge in [0.25, 0.3) is 0 Å². The Morgan fingerprint density at radius 3 is 2.77 bits per heavy atom. The van der Waals surface area contributed by atoms with E-state index in [1.165, 1.54) is 11.3 Å². The lowest BCUT2D eigenvalue weighted by molar-refractivity contribution is -0.132. The first-order chi connectivity index (χ1) is 10.7. The van der Waals surface area contributed by atoms with Crippen molar-refractivity contribution >= 4 is 23.0 Å². The van der Waals surface area contributed by atoms with Crippen molar-refractivity contribution in [2.45, 2.75) is 19.4 Å². The van der Waals surface area contributed by atoms with Crippen molar-refractivity contribution < 1.29 is 18.7 Å². The Morgan fingerprint density at radius 1 is 1.27 bits per heavy atom. The van der Waals surface area contributed by atoms with Crippen LogP contribution < -0.4 is 0 Å². The molecule has 0 N–H and O–H groups in total. The molecule has 118 valence electrons. The highest BCUT2D eigenvalue weighted by Crippen LogP contribution is 2.14. The fourth-order valence-electron chi connectivity index (χ4n) is 2.02. The third kappa shape index (κ3) is 4.82. The van der Waals surface area contributed by atoms with Crippen LogP contribution in [0.1, 0.15) is 28.3 Å². The van der Waals surface area contributed by atoms with Gasteiger partial charge in [0.15, 0.2) is 5.78 Å². The lowest BCUT2D eigenvalue weighted by Gasteiger charge is -2.21. The van der Waals surface area contributed by atoms with E-state index >= 15 is 0 Å². The number of ether oxygens (including phenoxy) is 1. The Labute approximate surface area is 133 Å². The van der Waals surface area contributed by atoms with E-state index in [4.69, 9.17) is 9.15 Å². The summed E-state index contributed by atoms with van der Waals surface area (Å²) in [6.07, 6.45) is 2.00. The van der Waals surface area contributed by atoms with Gasteiger partial charge in [-0.05, 0) is 23.6 Å². The molecule has 0 saturated carbocycles. The predicted molar refractivity (Wildman–Crippen MR) is 83.9 cm³/mol. The van der Waals surface area contributed by atoms with E-state index in [0.29, 0.717) is 30.3 Å². The third-order valence-electron chi connectivity index (χ3n) is 3.21. The van der Waals surface area contributed by atoms with Crippen LogP contribution in [0.2, 0.25) is 0 Å². The molecule has 0 aliphatic heterocycles. The average molecular weight is 321 g/mol. The summed E-state index contributed by atoms with van der Waals surface area (Å²) in [6, 6.07) is 7.23. The van der Waals surface area contributed by atoms with Crippen molar-refractivity contribution in [1.82, 2.24) is 4.90 Å². The van der Waals surface area contributed by atoms with Gasteiger partial charge in [0.05, 0.1) is 24.3 Å². The summed E-state index contributed by atoms with van der Waals surface area (Å²) < 4.78 is 10.3. The molecule has 0 unspecified atom stereocenters. The topological polar surface area (TPSA) is 59.8 Å². The standard InChI is InChI=1S/C16H19NO4S/c1-20-10-8-17(12-13-4-2-9-21-13)16(19)7-6-14(18)15-5-3-11-22-15/h2-5,9,11H,6-8,10,12H2,1H3. The predicted octanol–water partition coefficient (Wildman–Crippen LogP) is 2.98. The Balaban J connectivity index is 1.88. The number of thiophene rings is 1. The molecule has 2 heterocycles. The number of amides is 1. The van der Waals surface area contributed by atoms with E-state index in [1.54, 1.807) is 30.4 Å². The molecule has 0 saturated heterocycles. The normalized spacial score (nSPS) is 10.6. The summed E-state index contributed by atoms with van der Waals surface area (Å²) in [5.41, 5.74) is 0. The number of hydrogen-bond acceptors (Lipinski definition) is 5. The van der Waals surface area contributed by atoms with Gasteiger partial charge in [-0.2, -0.15) is 0 Å². The maximum absolute atomic E-state index is 12.3. The fourth-order valence-corrected chi connectivity index (χ4v) is 2.72. The zero-order chi connectivity index (χ0) is 15.8. The molecule has 0 fully saturated rings. The first-order valence-corrected chi connectivity index (χ1v) is 7.94. The number of methoxy groups -OCH3 is 1. The van der Waals surface area contributed by atoms with Gasteiger partial charge in [-0.3, -0.25) is 9.59 Å². The monoisotopic (exact) mass is 321 g/mol. The van der Waals surface area contributed by atoms with Gasteiger partial charge in [0.2, 0.25) is 5.91 Å². The Bertz CT molecular complexity index is 577. The van der Waals surface area contributed by atoms with Crippen LogP contribution in [0.25, 0.3) is 0 Å². The number of carbonyl (C=O) groups is 2. The largest absolute Gasteiger partial charge is 0.467 e. The number of nitrogens with zero attached hydrogens (tertiary/aromatic N) is 1. The third-order valence-corrected chi connectivity index (χ3v) is 4.12. The van der Waals surface area contributed by atoms with Crippen molar-refractivity contribution in [3.8, 4) is 0 Å². The molecule has 6 heteroatoms. The van der Waals surface area contributed by atoms with Crippen LogP contribution in [0.15, 0.2) is 40.3 Å². The Hall–Kier alpha value is -1.92. The summed E-state index contributed by atoms with van der Waals surface area (Å²) in [6.45, 7) is 1.32. The summed E-state index contributed by atoms with van der Waals surface area (Å²) in [5, 5.41) is 1.86. The summed E-state index contributed by atoms with van der Waals surface area (Å²) in [4.78, 5) is 26.6. The lowest BCUT2D eigenvalue weighted by atomic mass is 10.1. The highest BCUT2D eigenvalue weighted by molar-refractivity contribution is 7.12. The molecule has 0 aliphatic rings. The van der Waals surface area contributed by atoms with Gasteiger partial charge in [-0.15, -0.1) is 11.3 Å². The fraction of sp³-hybridized carbons (Fsp3) is 0.375. The first kappa shape index (κ1) is 16.5. The molecular formula is C16H19NO4S. The minimum Gasteiger partial charge on any atom is -0.467 e. The number of furan rings is 1. The Morgan fingerprint density at radius 2 is 2.14 bits per heavy atom. The second-order valence-corrected chi connectivity index (χ2v) is 5.74. The van der Waals surface area contributed by atoms with E-state index in [2.05, 4.69) is 0 Å². The maximum Gasteiger partial charge on any atom is 0.223 e. The van der Waals surface area contributed by atoms with Gasteiger partial charge in [0.1, 0.15) is 5.76 Å². The van der Waals surface area contributed by atoms with Gasteiger partial charge >= 0.3 is 0 Å². The highest BCUT2D eigenvalue weighted by Gasteiger charge is 2.17. The van der Waals surface area contributed by atoms with Crippen LogP contribution >= 0.6 is 11.3 Å². The van der Waals surface area contributed by atoms with Crippen LogP contribution in [-0.4, -0.2) is 36.9 Å². The SMILES string of the molecule is COCCN(Cc1ccco1)C(=O)CCC(=O)c1cccs1. The first-order valence-electron chi connectivity index (χ1n) is 7.06. The van der Waals surface area contributed by atoms with Crippen molar-refractivity contribution in [2.75, 3.05) is 20.3 Å². The molecule has 22 heavy (non-hydrogen) atoms. The molecule has 1 amide bonds.